The second-order valence-corrected chi connectivity index (χ2v) is 6.67. The van der Waals surface area contributed by atoms with E-state index in [-0.39, 0.29) is 18.0 Å². The molecule has 14 heavy (non-hydrogen) atoms. The van der Waals surface area contributed by atoms with Gasteiger partial charge in [0.15, 0.2) is 0 Å². The maximum absolute atomic E-state index is 11.7. The van der Waals surface area contributed by atoms with Gasteiger partial charge in [0.25, 0.3) is 0 Å². The van der Waals surface area contributed by atoms with Gasteiger partial charge in [-0.25, -0.2) is 13.1 Å². The van der Waals surface area contributed by atoms with Crippen molar-refractivity contribution in [1.82, 2.24) is 4.72 Å². The average molecular weight is 220 g/mol. The van der Waals surface area contributed by atoms with E-state index in [1.165, 1.54) is 0 Å². The first-order valence-corrected chi connectivity index (χ1v) is 6.59. The molecule has 1 aliphatic carbocycles. The molecule has 1 saturated carbocycles. The molecule has 0 heterocycles. The first-order chi connectivity index (χ1) is 6.33. The van der Waals surface area contributed by atoms with Crippen LogP contribution >= 0.6 is 0 Å². The minimum Gasteiger partial charge on any atom is -0.329 e. The summed E-state index contributed by atoms with van der Waals surface area (Å²) in [5.74, 6) is 0. The van der Waals surface area contributed by atoms with E-state index >= 15 is 0 Å². The smallest absolute Gasteiger partial charge is 0.215 e. The monoisotopic (exact) mass is 220 g/mol. The fraction of sp³-hybridized carbons (Fsp3) is 1.00. The molecule has 0 spiro atoms. The molecule has 0 bridgehead atoms. The van der Waals surface area contributed by atoms with E-state index in [9.17, 15) is 8.42 Å². The Kier molecular flexibility index (Phi) is 3.23. The van der Waals surface area contributed by atoms with Crippen LogP contribution < -0.4 is 10.5 Å². The summed E-state index contributed by atoms with van der Waals surface area (Å²) >= 11 is 0. The van der Waals surface area contributed by atoms with Crippen molar-refractivity contribution in [3.05, 3.63) is 0 Å². The molecule has 3 N–H and O–H groups in total. The lowest BCUT2D eigenvalue weighted by Crippen LogP contribution is -2.40. The van der Waals surface area contributed by atoms with Crippen LogP contribution in [0, 0.1) is 5.41 Å². The SMILES string of the molecule is CCC(CN)S(=O)(=O)NC1CC1(C)C. The molecular formula is C9H20N2O2S. The summed E-state index contributed by atoms with van der Waals surface area (Å²) in [6.07, 6.45) is 1.49. The third kappa shape index (κ3) is 2.46. The Morgan fingerprint density at radius 3 is 2.36 bits per heavy atom. The van der Waals surface area contributed by atoms with Gasteiger partial charge >= 0.3 is 0 Å². The third-order valence-electron chi connectivity index (χ3n) is 2.98. The number of hydrogen-bond donors (Lipinski definition) is 2. The van der Waals surface area contributed by atoms with Crippen LogP contribution in [0.5, 0.6) is 0 Å². The van der Waals surface area contributed by atoms with Gasteiger partial charge in [-0.1, -0.05) is 20.8 Å². The molecule has 0 radical (unpaired) electrons. The van der Waals surface area contributed by atoms with Crippen molar-refractivity contribution < 1.29 is 8.42 Å². The van der Waals surface area contributed by atoms with Crippen molar-refractivity contribution in [1.29, 1.82) is 0 Å². The Labute approximate surface area is 86.3 Å². The van der Waals surface area contributed by atoms with Gasteiger partial charge in [-0.2, -0.15) is 0 Å². The first kappa shape index (κ1) is 11.9. The van der Waals surface area contributed by atoms with Crippen LogP contribution in [0.3, 0.4) is 0 Å². The van der Waals surface area contributed by atoms with E-state index < -0.39 is 15.3 Å². The summed E-state index contributed by atoms with van der Waals surface area (Å²) in [6, 6.07) is 0.105. The molecule has 2 atom stereocenters. The van der Waals surface area contributed by atoms with Crippen LogP contribution in [0.4, 0.5) is 0 Å². The van der Waals surface area contributed by atoms with E-state index in [2.05, 4.69) is 18.6 Å². The van der Waals surface area contributed by atoms with Gasteiger partial charge in [0.1, 0.15) is 0 Å². The number of nitrogens with two attached hydrogens (primary N) is 1. The van der Waals surface area contributed by atoms with Crippen LogP contribution in [-0.4, -0.2) is 26.3 Å². The number of rotatable bonds is 5. The molecule has 1 fully saturated rings. The topological polar surface area (TPSA) is 72.2 Å². The summed E-state index contributed by atoms with van der Waals surface area (Å²) in [4.78, 5) is 0. The predicted molar refractivity (Wildman–Crippen MR) is 57.4 cm³/mol. The highest BCUT2D eigenvalue weighted by Crippen LogP contribution is 2.45. The lowest BCUT2D eigenvalue weighted by molar-refractivity contribution is 0.540. The Morgan fingerprint density at radius 2 is 2.07 bits per heavy atom. The average Bonchev–Trinajstić information content (AvgIpc) is 2.58. The zero-order valence-corrected chi connectivity index (χ0v) is 9.89. The lowest BCUT2D eigenvalue weighted by atomic mass is 10.2. The van der Waals surface area contributed by atoms with Gasteiger partial charge in [0, 0.05) is 12.6 Å². The van der Waals surface area contributed by atoms with Gasteiger partial charge in [-0.05, 0) is 18.3 Å². The van der Waals surface area contributed by atoms with E-state index in [1.807, 2.05) is 6.92 Å². The number of nitrogens with one attached hydrogen (secondary N) is 1. The molecule has 0 aromatic carbocycles. The standard InChI is InChI=1S/C9H20N2O2S/c1-4-7(6-10)14(12,13)11-8-5-9(8,2)3/h7-8,11H,4-6,10H2,1-3H3. The highest BCUT2D eigenvalue weighted by Gasteiger charge is 2.48. The van der Waals surface area contributed by atoms with Crippen molar-refractivity contribution in [2.24, 2.45) is 11.1 Å². The molecule has 0 aromatic heterocycles. The Morgan fingerprint density at radius 1 is 1.57 bits per heavy atom. The van der Waals surface area contributed by atoms with Crippen molar-refractivity contribution in [2.45, 2.75) is 44.9 Å². The number of hydrogen-bond acceptors (Lipinski definition) is 3. The lowest BCUT2D eigenvalue weighted by Gasteiger charge is -2.15. The molecule has 0 amide bonds. The Bertz CT molecular complexity index is 294. The number of sulfonamides is 1. The quantitative estimate of drug-likeness (QED) is 0.706. The van der Waals surface area contributed by atoms with E-state index in [1.54, 1.807) is 0 Å². The van der Waals surface area contributed by atoms with Crippen molar-refractivity contribution in [3.63, 3.8) is 0 Å². The van der Waals surface area contributed by atoms with Crippen LogP contribution in [0.25, 0.3) is 0 Å². The molecule has 1 rings (SSSR count). The predicted octanol–water partition coefficient (Wildman–Crippen LogP) is 0.442. The highest BCUT2D eigenvalue weighted by molar-refractivity contribution is 7.90. The fourth-order valence-corrected chi connectivity index (χ4v) is 3.16. The molecule has 2 unspecified atom stereocenters. The Hall–Kier alpha value is -0.130. The van der Waals surface area contributed by atoms with Crippen molar-refractivity contribution in [3.8, 4) is 0 Å². The van der Waals surface area contributed by atoms with Crippen LogP contribution in [0.2, 0.25) is 0 Å². The normalized spacial score (nSPS) is 27.3. The first-order valence-electron chi connectivity index (χ1n) is 5.04. The summed E-state index contributed by atoms with van der Waals surface area (Å²) in [5, 5.41) is -0.445. The third-order valence-corrected chi connectivity index (χ3v) is 4.99. The van der Waals surface area contributed by atoms with E-state index in [4.69, 9.17) is 5.73 Å². The van der Waals surface area contributed by atoms with Crippen molar-refractivity contribution in [2.75, 3.05) is 6.54 Å². The molecule has 84 valence electrons. The molecule has 5 heteroatoms. The fourth-order valence-electron chi connectivity index (χ4n) is 1.48. The summed E-state index contributed by atoms with van der Waals surface area (Å²) in [6.45, 7) is 6.15. The van der Waals surface area contributed by atoms with Gasteiger partial charge < -0.3 is 5.73 Å². The summed E-state index contributed by atoms with van der Waals surface area (Å²) < 4.78 is 26.2. The van der Waals surface area contributed by atoms with Gasteiger partial charge in [0.2, 0.25) is 10.0 Å². The molecule has 4 nitrogen and oxygen atoms in total. The summed E-state index contributed by atoms with van der Waals surface area (Å²) in [7, 11) is -3.21. The van der Waals surface area contributed by atoms with E-state index in [0.717, 1.165) is 6.42 Å². The van der Waals surface area contributed by atoms with Gasteiger partial charge in [-0.15, -0.1) is 0 Å². The second-order valence-electron chi connectivity index (χ2n) is 4.67. The minimum absolute atomic E-state index is 0.105. The van der Waals surface area contributed by atoms with E-state index in [0.29, 0.717) is 6.42 Å². The molecule has 1 aliphatic rings. The molecular weight excluding hydrogens is 200 g/mol. The minimum atomic E-state index is -3.21. The molecule has 0 aromatic rings. The van der Waals surface area contributed by atoms with Crippen LogP contribution in [0.15, 0.2) is 0 Å². The molecule has 0 aliphatic heterocycles. The zero-order valence-electron chi connectivity index (χ0n) is 9.08. The second kappa shape index (κ2) is 3.79. The van der Waals surface area contributed by atoms with Crippen molar-refractivity contribution >= 4 is 10.0 Å². The molecule has 0 saturated heterocycles. The Balaban J connectivity index is 2.59. The van der Waals surface area contributed by atoms with Gasteiger partial charge in [0.05, 0.1) is 5.25 Å². The van der Waals surface area contributed by atoms with Gasteiger partial charge in [-0.3, -0.25) is 0 Å². The van der Waals surface area contributed by atoms with Crippen LogP contribution in [0.1, 0.15) is 33.6 Å². The van der Waals surface area contributed by atoms with Crippen LogP contribution in [-0.2, 0) is 10.0 Å². The highest BCUT2D eigenvalue weighted by atomic mass is 32.2. The maximum atomic E-state index is 11.7. The zero-order chi connectivity index (χ0) is 11.0. The summed E-state index contributed by atoms with van der Waals surface area (Å²) in [5.41, 5.74) is 5.54. The largest absolute Gasteiger partial charge is 0.329 e. The maximum Gasteiger partial charge on any atom is 0.215 e.